The molecule has 0 unspecified atom stereocenters. The third-order valence-corrected chi connectivity index (χ3v) is 3.13. The summed E-state index contributed by atoms with van der Waals surface area (Å²) in [6, 6.07) is 7.39. The van der Waals surface area contributed by atoms with E-state index in [0.717, 1.165) is 31.5 Å². The van der Waals surface area contributed by atoms with Crippen molar-refractivity contribution in [2.24, 2.45) is 5.73 Å². The highest BCUT2D eigenvalue weighted by atomic mass is 16.3. The fourth-order valence-corrected chi connectivity index (χ4v) is 1.71. The smallest absolute Gasteiger partial charge is 0.138 e. The topological polar surface area (TPSA) is 49.5 Å². The molecule has 0 saturated heterocycles. The molecule has 0 aliphatic heterocycles. The zero-order valence-corrected chi connectivity index (χ0v) is 9.11. The van der Waals surface area contributed by atoms with E-state index in [2.05, 4.69) is 4.90 Å². The SMILES string of the molecule is CN(CCC1(N)CC1)c1ccccc1O. The average Bonchev–Trinajstić information content (AvgIpc) is 2.95. The lowest BCUT2D eigenvalue weighted by molar-refractivity contribution is 0.473. The lowest BCUT2D eigenvalue weighted by Crippen LogP contribution is -2.29. The molecule has 1 aromatic carbocycles. The molecule has 0 atom stereocenters. The van der Waals surface area contributed by atoms with Crippen LogP contribution in [0.2, 0.25) is 0 Å². The Kier molecular flexibility index (Phi) is 2.57. The Labute approximate surface area is 90.5 Å². The summed E-state index contributed by atoms with van der Waals surface area (Å²) in [5.74, 6) is 0.335. The summed E-state index contributed by atoms with van der Waals surface area (Å²) < 4.78 is 0. The van der Waals surface area contributed by atoms with Crippen LogP contribution in [0.3, 0.4) is 0 Å². The molecule has 15 heavy (non-hydrogen) atoms. The van der Waals surface area contributed by atoms with Gasteiger partial charge >= 0.3 is 0 Å². The van der Waals surface area contributed by atoms with E-state index in [4.69, 9.17) is 5.73 Å². The Morgan fingerprint density at radius 1 is 1.40 bits per heavy atom. The van der Waals surface area contributed by atoms with Gasteiger partial charge in [-0.05, 0) is 31.4 Å². The van der Waals surface area contributed by atoms with Crippen LogP contribution in [0.1, 0.15) is 19.3 Å². The number of phenols is 1. The second-order valence-electron chi connectivity index (χ2n) is 4.52. The Morgan fingerprint density at radius 2 is 2.07 bits per heavy atom. The number of benzene rings is 1. The summed E-state index contributed by atoms with van der Waals surface area (Å²) in [4.78, 5) is 2.06. The van der Waals surface area contributed by atoms with Crippen molar-refractivity contribution in [2.75, 3.05) is 18.5 Å². The number of rotatable bonds is 4. The van der Waals surface area contributed by atoms with Gasteiger partial charge in [-0.3, -0.25) is 0 Å². The third kappa shape index (κ3) is 2.42. The molecule has 82 valence electrons. The first kappa shape index (κ1) is 10.3. The molecule has 0 amide bonds. The van der Waals surface area contributed by atoms with Crippen LogP contribution in [0.5, 0.6) is 5.75 Å². The van der Waals surface area contributed by atoms with E-state index in [9.17, 15) is 5.11 Å². The third-order valence-electron chi connectivity index (χ3n) is 3.13. The quantitative estimate of drug-likeness (QED) is 0.788. The zero-order chi connectivity index (χ0) is 10.9. The van der Waals surface area contributed by atoms with Crippen molar-refractivity contribution < 1.29 is 5.11 Å². The molecule has 1 aliphatic rings. The molecule has 1 saturated carbocycles. The van der Waals surface area contributed by atoms with Crippen LogP contribution in [0.15, 0.2) is 24.3 Å². The summed E-state index contributed by atoms with van der Waals surface area (Å²) in [6.45, 7) is 0.897. The van der Waals surface area contributed by atoms with Crippen LogP contribution < -0.4 is 10.6 Å². The average molecular weight is 206 g/mol. The first-order valence-corrected chi connectivity index (χ1v) is 5.39. The number of hydrogen-bond acceptors (Lipinski definition) is 3. The molecular weight excluding hydrogens is 188 g/mol. The highest BCUT2D eigenvalue weighted by Crippen LogP contribution is 2.36. The number of hydrogen-bond donors (Lipinski definition) is 2. The molecule has 1 aromatic rings. The van der Waals surface area contributed by atoms with Crippen LogP contribution >= 0.6 is 0 Å². The number of aromatic hydroxyl groups is 1. The van der Waals surface area contributed by atoms with E-state index in [1.54, 1.807) is 6.07 Å². The highest BCUT2D eigenvalue weighted by molar-refractivity contribution is 5.56. The maximum atomic E-state index is 9.65. The fourth-order valence-electron chi connectivity index (χ4n) is 1.71. The fraction of sp³-hybridized carbons (Fsp3) is 0.500. The molecule has 0 bridgehead atoms. The Morgan fingerprint density at radius 3 is 2.67 bits per heavy atom. The van der Waals surface area contributed by atoms with Crippen molar-refractivity contribution in [3.05, 3.63) is 24.3 Å². The molecule has 0 heterocycles. The number of phenolic OH excluding ortho intramolecular Hbond substituents is 1. The van der Waals surface area contributed by atoms with Gasteiger partial charge in [-0.2, -0.15) is 0 Å². The molecular formula is C12H18N2O. The van der Waals surface area contributed by atoms with Crippen molar-refractivity contribution in [1.29, 1.82) is 0 Å². The van der Waals surface area contributed by atoms with Gasteiger partial charge in [0.1, 0.15) is 5.75 Å². The van der Waals surface area contributed by atoms with Crippen molar-refractivity contribution in [1.82, 2.24) is 0 Å². The van der Waals surface area contributed by atoms with E-state index < -0.39 is 0 Å². The van der Waals surface area contributed by atoms with Gasteiger partial charge in [0.05, 0.1) is 5.69 Å². The predicted molar refractivity (Wildman–Crippen MR) is 62.1 cm³/mol. The van der Waals surface area contributed by atoms with Crippen LogP contribution in [0, 0.1) is 0 Å². The maximum Gasteiger partial charge on any atom is 0.138 e. The molecule has 1 fully saturated rings. The van der Waals surface area contributed by atoms with Gasteiger partial charge < -0.3 is 15.7 Å². The predicted octanol–water partition coefficient (Wildman–Crippen LogP) is 1.71. The zero-order valence-electron chi connectivity index (χ0n) is 9.11. The first-order chi connectivity index (χ1) is 7.11. The van der Waals surface area contributed by atoms with Crippen LogP contribution in [-0.4, -0.2) is 24.2 Å². The second kappa shape index (κ2) is 3.74. The van der Waals surface area contributed by atoms with Crippen molar-refractivity contribution >= 4 is 5.69 Å². The van der Waals surface area contributed by atoms with Gasteiger partial charge in [-0.1, -0.05) is 12.1 Å². The molecule has 1 aliphatic carbocycles. The van der Waals surface area contributed by atoms with Gasteiger partial charge in [-0.15, -0.1) is 0 Å². The largest absolute Gasteiger partial charge is 0.506 e. The molecule has 3 heteroatoms. The monoisotopic (exact) mass is 206 g/mol. The lowest BCUT2D eigenvalue weighted by Gasteiger charge is -2.22. The molecule has 3 nitrogen and oxygen atoms in total. The number of nitrogens with two attached hydrogens (primary N) is 1. The highest BCUT2D eigenvalue weighted by Gasteiger charge is 2.37. The van der Waals surface area contributed by atoms with Gasteiger partial charge in [0.2, 0.25) is 0 Å². The molecule has 0 radical (unpaired) electrons. The standard InChI is InChI=1S/C12H18N2O/c1-14(9-8-12(13)6-7-12)10-4-2-3-5-11(10)15/h2-5,15H,6-9,13H2,1H3. The summed E-state index contributed by atoms with van der Waals surface area (Å²) in [6.07, 6.45) is 3.28. The number of para-hydroxylation sites is 2. The van der Waals surface area contributed by atoms with Gasteiger partial charge in [0, 0.05) is 19.1 Å². The Hall–Kier alpha value is -1.22. The van der Waals surface area contributed by atoms with Gasteiger partial charge in [0.25, 0.3) is 0 Å². The number of nitrogens with zero attached hydrogens (tertiary/aromatic N) is 1. The summed E-state index contributed by atoms with van der Waals surface area (Å²) >= 11 is 0. The van der Waals surface area contributed by atoms with Crippen LogP contribution in [0.4, 0.5) is 5.69 Å². The Bertz CT molecular complexity index is 347. The molecule has 2 rings (SSSR count). The van der Waals surface area contributed by atoms with Crippen molar-refractivity contribution in [2.45, 2.75) is 24.8 Å². The molecule has 0 aromatic heterocycles. The maximum absolute atomic E-state index is 9.65. The van der Waals surface area contributed by atoms with Crippen molar-refractivity contribution in [3.63, 3.8) is 0 Å². The summed E-state index contributed by atoms with van der Waals surface area (Å²) in [5.41, 5.74) is 6.98. The first-order valence-electron chi connectivity index (χ1n) is 5.39. The lowest BCUT2D eigenvalue weighted by atomic mass is 10.2. The summed E-state index contributed by atoms with van der Waals surface area (Å²) in [7, 11) is 1.99. The van der Waals surface area contributed by atoms with E-state index in [1.165, 1.54) is 0 Å². The molecule has 0 spiro atoms. The molecule has 3 N–H and O–H groups in total. The Balaban J connectivity index is 1.95. The van der Waals surface area contributed by atoms with E-state index in [-0.39, 0.29) is 5.54 Å². The van der Waals surface area contributed by atoms with Gasteiger partial charge in [-0.25, -0.2) is 0 Å². The minimum Gasteiger partial charge on any atom is -0.506 e. The van der Waals surface area contributed by atoms with Crippen LogP contribution in [0.25, 0.3) is 0 Å². The normalized spacial score (nSPS) is 17.5. The minimum absolute atomic E-state index is 0.0820. The van der Waals surface area contributed by atoms with Crippen LogP contribution in [-0.2, 0) is 0 Å². The number of anilines is 1. The van der Waals surface area contributed by atoms with E-state index >= 15 is 0 Å². The van der Waals surface area contributed by atoms with Crippen molar-refractivity contribution in [3.8, 4) is 5.75 Å². The van der Waals surface area contributed by atoms with E-state index in [1.807, 2.05) is 25.2 Å². The van der Waals surface area contributed by atoms with E-state index in [0.29, 0.717) is 5.75 Å². The summed E-state index contributed by atoms with van der Waals surface area (Å²) in [5, 5.41) is 9.65. The minimum atomic E-state index is 0.0820. The van der Waals surface area contributed by atoms with Gasteiger partial charge in [0.15, 0.2) is 0 Å². The second-order valence-corrected chi connectivity index (χ2v) is 4.52.